The summed E-state index contributed by atoms with van der Waals surface area (Å²) in [5.41, 5.74) is 1.46. The number of benzene rings is 1. The van der Waals surface area contributed by atoms with Crippen LogP contribution in [0.15, 0.2) is 42.6 Å². The Morgan fingerprint density at radius 2 is 1.92 bits per heavy atom. The first-order chi connectivity index (χ1) is 11.6. The summed E-state index contributed by atoms with van der Waals surface area (Å²) in [6.45, 7) is 3.80. The number of hydrogen-bond acceptors (Lipinski definition) is 3. The third-order valence-corrected chi connectivity index (χ3v) is 4.37. The summed E-state index contributed by atoms with van der Waals surface area (Å²) in [5, 5.41) is 0.515. The zero-order valence-corrected chi connectivity index (χ0v) is 14.0. The van der Waals surface area contributed by atoms with Gasteiger partial charge in [-0.25, -0.2) is 4.39 Å². The van der Waals surface area contributed by atoms with E-state index in [2.05, 4.69) is 9.88 Å². The summed E-state index contributed by atoms with van der Waals surface area (Å²) in [4.78, 5) is 20.8. The Hall–Kier alpha value is -1.98. The van der Waals surface area contributed by atoms with E-state index in [0.29, 0.717) is 23.8 Å². The van der Waals surface area contributed by atoms with E-state index in [-0.39, 0.29) is 11.7 Å². The molecule has 0 saturated carbocycles. The van der Waals surface area contributed by atoms with Gasteiger partial charge in [-0.2, -0.15) is 0 Å². The fourth-order valence-electron chi connectivity index (χ4n) is 2.86. The number of nitrogens with zero attached hydrogens (tertiary/aromatic N) is 3. The highest BCUT2D eigenvalue weighted by molar-refractivity contribution is 6.30. The van der Waals surface area contributed by atoms with Crippen molar-refractivity contribution in [3.8, 4) is 0 Å². The Kier molecular flexibility index (Phi) is 5.43. The molecule has 0 aliphatic carbocycles. The first-order valence-electron chi connectivity index (χ1n) is 7.99. The van der Waals surface area contributed by atoms with Gasteiger partial charge in [-0.1, -0.05) is 23.7 Å². The molecule has 3 rings (SSSR count). The Morgan fingerprint density at radius 3 is 2.67 bits per heavy atom. The van der Waals surface area contributed by atoms with Crippen molar-refractivity contribution >= 4 is 17.5 Å². The van der Waals surface area contributed by atoms with Crippen molar-refractivity contribution in [3.63, 3.8) is 0 Å². The van der Waals surface area contributed by atoms with Gasteiger partial charge in [0.2, 0.25) is 0 Å². The van der Waals surface area contributed by atoms with Crippen molar-refractivity contribution in [2.45, 2.75) is 13.0 Å². The lowest BCUT2D eigenvalue weighted by molar-refractivity contribution is 0.0755. The summed E-state index contributed by atoms with van der Waals surface area (Å²) >= 11 is 5.94. The van der Waals surface area contributed by atoms with Crippen molar-refractivity contribution in [1.29, 1.82) is 0 Å². The summed E-state index contributed by atoms with van der Waals surface area (Å²) < 4.78 is 13.0. The van der Waals surface area contributed by atoms with Crippen molar-refractivity contribution in [2.24, 2.45) is 0 Å². The lowest BCUT2D eigenvalue weighted by atomic mass is 10.2. The molecule has 0 N–H and O–H groups in total. The molecule has 1 fully saturated rings. The van der Waals surface area contributed by atoms with Crippen LogP contribution in [0.1, 0.15) is 22.5 Å². The average molecular weight is 348 g/mol. The van der Waals surface area contributed by atoms with E-state index in [0.717, 1.165) is 31.6 Å². The molecule has 24 heavy (non-hydrogen) atoms. The predicted molar refractivity (Wildman–Crippen MR) is 91.4 cm³/mol. The SMILES string of the molecule is O=C(c1cc(Cl)ccn1)N1CCCN(Cc2ccc(F)cc2)CC1. The third kappa shape index (κ3) is 4.30. The van der Waals surface area contributed by atoms with E-state index < -0.39 is 0 Å². The van der Waals surface area contributed by atoms with E-state index >= 15 is 0 Å². The first kappa shape index (κ1) is 16.9. The summed E-state index contributed by atoms with van der Waals surface area (Å²) in [5.74, 6) is -0.304. The van der Waals surface area contributed by atoms with Gasteiger partial charge in [-0.3, -0.25) is 14.7 Å². The van der Waals surface area contributed by atoms with E-state index in [1.54, 1.807) is 30.5 Å². The molecule has 1 aromatic carbocycles. The van der Waals surface area contributed by atoms with Gasteiger partial charge in [0.25, 0.3) is 5.91 Å². The Bertz CT molecular complexity index is 708. The van der Waals surface area contributed by atoms with Crippen LogP contribution in [0.4, 0.5) is 4.39 Å². The van der Waals surface area contributed by atoms with Crippen LogP contribution >= 0.6 is 11.6 Å². The second kappa shape index (κ2) is 7.73. The molecule has 1 aliphatic heterocycles. The molecule has 1 amide bonds. The van der Waals surface area contributed by atoms with Crippen LogP contribution in [-0.2, 0) is 6.54 Å². The summed E-state index contributed by atoms with van der Waals surface area (Å²) in [6, 6.07) is 9.83. The second-order valence-corrected chi connectivity index (χ2v) is 6.34. The highest BCUT2D eigenvalue weighted by atomic mass is 35.5. The van der Waals surface area contributed by atoms with Crippen LogP contribution < -0.4 is 0 Å². The Balaban J connectivity index is 1.60. The average Bonchev–Trinajstić information content (AvgIpc) is 2.82. The minimum absolute atomic E-state index is 0.0823. The number of pyridine rings is 1. The lowest BCUT2D eigenvalue weighted by Crippen LogP contribution is -2.35. The largest absolute Gasteiger partial charge is 0.336 e. The number of aromatic nitrogens is 1. The van der Waals surface area contributed by atoms with E-state index in [1.165, 1.54) is 12.1 Å². The zero-order chi connectivity index (χ0) is 16.9. The highest BCUT2D eigenvalue weighted by Gasteiger charge is 2.21. The second-order valence-electron chi connectivity index (χ2n) is 5.91. The van der Waals surface area contributed by atoms with E-state index in [4.69, 9.17) is 11.6 Å². The van der Waals surface area contributed by atoms with Crippen LogP contribution in [0, 0.1) is 5.82 Å². The van der Waals surface area contributed by atoms with Gasteiger partial charge in [-0.15, -0.1) is 0 Å². The topological polar surface area (TPSA) is 36.4 Å². The summed E-state index contributed by atoms with van der Waals surface area (Å²) in [7, 11) is 0. The number of hydrogen-bond donors (Lipinski definition) is 0. The van der Waals surface area contributed by atoms with E-state index in [1.807, 2.05) is 4.90 Å². The quantitative estimate of drug-likeness (QED) is 0.855. The lowest BCUT2D eigenvalue weighted by Gasteiger charge is -2.22. The predicted octanol–water partition coefficient (Wildman–Crippen LogP) is 3.22. The Labute approximate surface area is 145 Å². The molecule has 6 heteroatoms. The maximum absolute atomic E-state index is 13.0. The maximum atomic E-state index is 13.0. The number of rotatable bonds is 3. The molecule has 0 bridgehead atoms. The molecule has 2 aromatic rings. The summed E-state index contributed by atoms with van der Waals surface area (Å²) in [6.07, 6.45) is 2.45. The minimum Gasteiger partial charge on any atom is -0.336 e. The molecule has 0 radical (unpaired) electrons. The minimum atomic E-state index is -0.222. The molecule has 0 atom stereocenters. The maximum Gasteiger partial charge on any atom is 0.272 e. The highest BCUT2D eigenvalue weighted by Crippen LogP contribution is 2.14. The molecule has 4 nitrogen and oxygen atoms in total. The number of carbonyl (C=O) groups excluding carboxylic acids is 1. The molecule has 2 heterocycles. The molecular formula is C18H19ClFN3O. The van der Waals surface area contributed by atoms with Crippen LogP contribution in [0.3, 0.4) is 0 Å². The van der Waals surface area contributed by atoms with Crippen molar-refractivity contribution in [1.82, 2.24) is 14.8 Å². The smallest absolute Gasteiger partial charge is 0.272 e. The molecular weight excluding hydrogens is 329 g/mol. The standard InChI is InChI=1S/C18H19ClFN3O/c19-15-6-7-21-17(12-15)18(24)23-9-1-8-22(10-11-23)13-14-2-4-16(20)5-3-14/h2-7,12H,1,8-11,13H2. The molecule has 0 spiro atoms. The van der Waals surface area contributed by atoms with Crippen LogP contribution in [0.2, 0.25) is 5.02 Å². The van der Waals surface area contributed by atoms with Gasteiger partial charge in [-0.05, 0) is 36.2 Å². The molecule has 1 aromatic heterocycles. The third-order valence-electron chi connectivity index (χ3n) is 4.14. The van der Waals surface area contributed by atoms with E-state index in [9.17, 15) is 9.18 Å². The van der Waals surface area contributed by atoms with Crippen LogP contribution in [0.25, 0.3) is 0 Å². The molecule has 1 aliphatic rings. The van der Waals surface area contributed by atoms with Crippen molar-refractivity contribution in [2.75, 3.05) is 26.2 Å². The first-order valence-corrected chi connectivity index (χ1v) is 8.37. The Morgan fingerprint density at radius 1 is 1.12 bits per heavy atom. The monoisotopic (exact) mass is 347 g/mol. The number of carbonyl (C=O) groups is 1. The molecule has 1 saturated heterocycles. The normalized spacial score (nSPS) is 16.0. The molecule has 126 valence electrons. The number of amides is 1. The van der Waals surface area contributed by atoms with Crippen molar-refractivity contribution < 1.29 is 9.18 Å². The van der Waals surface area contributed by atoms with Gasteiger partial charge in [0.1, 0.15) is 11.5 Å². The zero-order valence-electron chi connectivity index (χ0n) is 13.3. The van der Waals surface area contributed by atoms with Gasteiger partial charge >= 0.3 is 0 Å². The fraction of sp³-hybridized carbons (Fsp3) is 0.333. The molecule has 0 unspecified atom stereocenters. The van der Waals surface area contributed by atoms with Gasteiger partial charge < -0.3 is 4.90 Å². The van der Waals surface area contributed by atoms with Gasteiger partial charge in [0, 0.05) is 43.9 Å². The van der Waals surface area contributed by atoms with Gasteiger partial charge in [0.05, 0.1) is 0 Å². The fourth-order valence-corrected chi connectivity index (χ4v) is 3.02. The van der Waals surface area contributed by atoms with Gasteiger partial charge in [0.15, 0.2) is 0 Å². The van der Waals surface area contributed by atoms with Crippen LogP contribution in [0.5, 0.6) is 0 Å². The van der Waals surface area contributed by atoms with Crippen molar-refractivity contribution in [3.05, 3.63) is 64.7 Å². The number of halogens is 2. The van der Waals surface area contributed by atoms with Crippen LogP contribution in [-0.4, -0.2) is 46.9 Å².